The number of thioether (sulfide) groups is 1. The number of rotatable bonds is 4. The number of nitro groups is 1. The summed E-state index contributed by atoms with van der Waals surface area (Å²) in [5.41, 5.74) is 3.48. The van der Waals surface area contributed by atoms with Crippen LogP contribution in [0.25, 0.3) is 5.57 Å². The van der Waals surface area contributed by atoms with E-state index in [-0.39, 0.29) is 16.5 Å². The molecular formula is C23H17N3O2S2. The molecule has 1 atom stereocenters. The van der Waals surface area contributed by atoms with Crippen molar-refractivity contribution in [1.29, 1.82) is 0 Å². The molecule has 5 nitrogen and oxygen atoms in total. The lowest BCUT2D eigenvalue weighted by Gasteiger charge is -2.17. The number of hydrogen-bond donors (Lipinski definition) is 1. The van der Waals surface area contributed by atoms with Gasteiger partial charge in [0, 0.05) is 17.3 Å². The van der Waals surface area contributed by atoms with Gasteiger partial charge in [-0.25, -0.2) is 4.99 Å². The Balaban J connectivity index is 1.74. The van der Waals surface area contributed by atoms with E-state index in [4.69, 9.17) is 12.2 Å². The van der Waals surface area contributed by atoms with Crippen LogP contribution >= 0.6 is 24.0 Å². The molecule has 0 bridgehead atoms. The van der Waals surface area contributed by atoms with Gasteiger partial charge in [-0.05, 0) is 40.9 Å². The Labute approximate surface area is 183 Å². The van der Waals surface area contributed by atoms with E-state index in [0.717, 1.165) is 16.8 Å². The van der Waals surface area contributed by atoms with Crippen LogP contribution in [0.3, 0.4) is 0 Å². The predicted molar refractivity (Wildman–Crippen MR) is 128 cm³/mol. The molecule has 0 radical (unpaired) electrons. The number of allylic oxidation sites excluding steroid dienone is 1. The molecule has 3 aromatic carbocycles. The van der Waals surface area contributed by atoms with Crippen LogP contribution in [0, 0.1) is 10.1 Å². The van der Waals surface area contributed by atoms with Crippen LogP contribution in [-0.2, 0) is 0 Å². The summed E-state index contributed by atoms with van der Waals surface area (Å²) < 4.78 is 0. The maximum absolute atomic E-state index is 11.7. The zero-order valence-electron chi connectivity index (χ0n) is 15.8. The van der Waals surface area contributed by atoms with Gasteiger partial charge in [-0.3, -0.25) is 10.1 Å². The van der Waals surface area contributed by atoms with Gasteiger partial charge in [0.1, 0.15) is 0 Å². The third-order valence-electron chi connectivity index (χ3n) is 4.65. The molecule has 0 spiro atoms. The highest BCUT2D eigenvalue weighted by Crippen LogP contribution is 2.46. The van der Waals surface area contributed by atoms with Crippen LogP contribution in [0.2, 0.25) is 0 Å². The van der Waals surface area contributed by atoms with Crippen molar-refractivity contribution in [1.82, 2.24) is 0 Å². The molecular weight excluding hydrogens is 414 g/mol. The first kappa shape index (κ1) is 20.0. The Morgan fingerprint density at radius 3 is 2.30 bits per heavy atom. The summed E-state index contributed by atoms with van der Waals surface area (Å²) in [7, 11) is 0. The van der Waals surface area contributed by atoms with Crippen molar-refractivity contribution in [2.75, 3.05) is 5.32 Å². The molecule has 7 heteroatoms. The zero-order valence-corrected chi connectivity index (χ0v) is 17.4. The maximum atomic E-state index is 11.7. The number of aliphatic imine (C=N–C) groups is 1. The van der Waals surface area contributed by atoms with Gasteiger partial charge in [0.25, 0.3) is 5.69 Å². The van der Waals surface area contributed by atoms with Gasteiger partial charge in [-0.15, -0.1) is 0 Å². The highest BCUT2D eigenvalue weighted by atomic mass is 32.2. The van der Waals surface area contributed by atoms with E-state index in [1.54, 1.807) is 12.1 Å². The van der Waals surface area contributed by atoms with Crippen molar-refractivity contribution < 1.29 is 4.92 Å². The number of nitrogens with one attached hydrogen (secondary N) is 1. The first-order chi connectivity index (χ1) is 14.6. The molecule has 0 fully saturated rings. The van der Waals surface area contributed by atoms with Gasteiger partial charge < -0.3 is 5.32 Å². The Bertz CT molecular complexity index is 1150. The second kappa shape index (κ2) is 9.02. The Morgan fingerprint density at radius 2 is 1.60 bits per heavy atom. The molecule has 1 aliphatic heterocycles. The SMILES string of the molecule is O=[N+]([O-])c1ccccc1C1C(c2ccccc2)=CS/C1=N/C(=S)Nc1ccccc1. The van der Waals surface area contributed by atoms with E-state index in [1.807, 2.05) is 72.1 Å². The van der Waals surface area contributed by atoms with Crippen LogP contribution < -0.4 is 5.32 Å². The molecule has 0 aromatic heterocycles. The lowest BCUT2D eigenvalue weighted by Crippen LogP contribution is -2.14. The first-order valence-corrected chi connectivity index (χ1v) is 10.5. The van der Waals surface area contributed by atoms with Gasteiger partial charge >= 0.3 is 0 Å². The lowest BCUT2D eigenvalue weighted by atomic mass is 9.87. The van der Waals surface area contributed by atoms with E-state index in [1.165, 1.54) is 17.8 Å². The summed E-state index contributed by atoms with van der Waals surface area (Å²) in [6.07, 6.45) is 0. The van der Waals surface area contributed by atoms with Crippen LogP contribution in [0.4, 0.5) is 11.4 Å². The van der Waals surface area contributed by atoms with E-state index >= 15 is 0 Å². The summed E-state index contributed by atoms with van der Waals surface area (Å²) in [5.74, 6) is -0.366. The second-order valence-electron chi connectivity index (χ2n) is 6.55. The average Bonchev–Trinajstić information content (AvgIpc) is 3.18. The van der Waals surface area contributed by atoms with Crippen LogP contribution in [0.5, 0.6) is 0 Å². The summed E-state index contributed by atoms with van der Waals surface area (Å²) in [5, 5.41) is 17.8. The fourth-order valence-electron chi connectivity index (χ4n) is 3.32. The number of anilines is 1. The number of hydrogen-bond acceptors (Lipinski definition) is 4. The molecule has 148 valence electrons. The Kier molecular flexibility index (Phi) is 6.02. The van der Waals surface area contributed by atoms with Crippen LogP contribution in [0.1, 0.15) is 17.0 Å². The normalized spacial score (nSPS) is 16.9. The fourth-order valence-corrected chi connectivity index (χ4v) is 4.65. The van der Waals surface area contributed by atoms with E-state index < -0.39 is 0 Å². The van der Waals surface area contributed by atoms with Crippen molar-refractivity contribution >= 4 is 51.1 Å². The van der Waals surface area contributed by atoms with Crippen molar-refractivity contribution in [3.63, 3.8) is 0 Å². The van der Waals surface area contributed by atoms with Crippen LogP contribution in [-0.4, -0.2) is 15.1 Å². The highest BCUT2D eigenvalue weighted by Gasteiger charge is 2.34. The van der Waals surface area contributed by atoms with E-state index in [9.17, 15) is 10.1 Å². The quantitative estimate of drug-likeness (QED) is 0.300. The number of thiocarbonyl (C=S) groups is 1. The predicted octanol–water partition coefficient (Wildman–Crippen LogP) is 6.26. The minimum Gasteiger partial charge on any atom is -0.331 e. The van der Waals surface area contributed by atoms with Crippen molar-refractivity contribution in [2.24, 2.45) is 4.99 Å². The lowest BCUT2D eigenvalue weighted by molar-refractivity contribution is -0.385. The minimum atomic E-state index is -0.366. The van der Waals surface area contributed by atoms with Gasteiger partial charge in [0.15, 0.2) is 5.11 Å². The van der Waals surface area contributed by atoms with E-state index in [0.29, 0.717) is 15.7 Å². The van der Waals surface area contributed by atoms with Gasteiger partial charge in [-0.2, -0.15) is 0 Å². The summed E-state index contributed by atoms with van der Waals surface area (Å²) in [6, 6.07) is 26.2. The second-order valence-corrected chi connectivity index (χ2v) is 7.83. The van der Waals surface area contributed by atoms with Crippen molar-refractivity contribution in [3.8, 4) is 0 Å². The molecule has 1 N–H and O–H groups in total. The Morgan fingerprint density at radius 1 is 0.967 bits per heavy atom. The maximum Gasteiger partial charge on any atom is 0.273 e. The minimum absolute atomic E-state index is 0.0708. The molecule has 4 rings (SSSR count). The number of para-hydroxylation sites is 2. The summed E-state index contributed by atoms with van der Waals surface area (Å²) in [6.45, 7) is 0. The molecule has 0 saturated heterocycles. The van der Waals surface area contributed by atoms with E-state index in [2.05, 4.69) is 10.3 Å². The van der Waals surface area contributed by atoms with Gasteiger partial charge in [-0.1, -0.05) is 78.5 Å². The third kappa shape index (κ3) is 4.32. The van der Waals surface area contributed by atoms with Crippen molar-refractivity contribution in [2.45, 2.75) is 5.92 Å². The molecule has 0 saturated carbocycles. The number of benzene rings is 3. The first-order valence-electron chi connectivity index (χ1n) is 9.23. The molecule has 0 amide bonds. The highest BCUT2D eigenvalue weighted by molar-refractivity contribution is 8.17. The molecule has 1 unspecified atom stereocenters. The zero-order chi connectivity index (χ0) is 20.9. The third-order valence-corrected chi connectivity index (χ3v) is 5.79. The number of nitro benzene ring substituents is 1. The molecule has 1 heterocycles. The fraction of sp³-hybridized carbons (Fsp3) is 0.0435. The van der Waals surface area contributed by atoms with Gasteiger partial charge in [0.05, 0.1) is 15.9 Å². The van der Waals surface area contributed by atoms with Crippen LogP contribution in [0.15, 0.2) is 95.3 Å². The Hall–Kier alpha value is -3.29. The molecule has 1 aliphatic rings. The molecule has 30 heavy (non-hydrogen) atoms. The number of nitrogens with zero attached hydrogens (tertiary/aromatic N) is 2. The standard InChI is InChI=1S/C23H17N3O2S2/c27-26(28)20-14-8-7-13-18(20)21-19(16-9-3-1-4-10-16)15-30-22(21)25-23(29)24-17-11-5-2-6-12-17/h1-15,21H,(H,24,29)/b25-22+. The molecule has 0 aliphatic carbocycles. The summed E-state index contributed by atoms with van der Waals surface area (Å²) >= 11 is 6.89. The average molecular weight is 432 g/mol. The smallest absolute Gasteiger partial charge is 0.273 e. The van der Waals surface area contributed by atoms with Crippen molar-refractivity contribution in [3.05, 3.63) is 112 Å². The summed E-state index contributed by atoms with van der Waals surface area (Å²) in [4.78, 5) is 16.0. The topological polar surface area (TPSA) is 67.5 Å². The van der Waals surface area contributed by atoms with Gasteiger partial charge in [0.2, 0.25) is 0 Å². The largest absolute Gasteiger partial charge is 0.331 e. The molecule has 3 aromatic rings. The monoisotopic (exact) mass is 431 g/mol.